The van der Waals surface area contributed by atoms with Crippen LogP contribution in [0.15, 0.2) is 0 Å². The lowest BCUT2D eigenvalue weighted by Gasteiger charge is -2.23. The van der Waals surface area contributed by atoms with Crippen LogP contribution in [0, 0.1) is 5.92 Å². The summed E-state index contributed by atoms with van der Waals surface area (Å²) in [4.78, 5) is 10.9. The zero-order valence-electron chi connectivity index (χ0n) is 9.34. The summed E-state index contributed by atoms with van der Waals surface area (Å²) in [5.74, 6) is -2.17. The minimum absolute atomic E-state index is 0.215. The van der Waals surface area contributed by atoms with Crippen molar-refractivity contribution in [2.75, 3.05) is 13.6 Å². The Morgan fingerprint density at radius 2 is 2.06 bits per heavy atom. The van der Waals surface area contributed by atoms with Gasteiger partial charge in [0.1, 0.15) is 0 Å². The molecule has 0 heterocycles. The number of hydrogen-bond acceptors (Lipinski definition) is 3. The molecular formula is C9H15F2NO4S. The van der Waals surface area contributed by atoms with Crippen LogP contribution in [0.25, 0.3) is 0 Å². The molecule has 0 aromatic rings. The van der Waals surface area contributed by atoms with E-state index in [1.807, 2.05) is 0 Å². The highest BCUT2D eigenvalue weighted by atomic mass is 32.2. The van der Waals surface area contributed by atoms with E-state index in [9.17, 15) is 22.0 Å². The Bertz CT molecular complexity index is 384. The molecular weight excluding hydrogens is 256 g/mol. The van der Waals surface area contributed by atoms with Crippen LogP contribution in [0.2, 0.25) is 0 Å². The van der Waals surface area contributed by atoms with Crippen molar-refractivity contribution in [1.82, 2.24) is 4.31 Å². The number of aliphatic carboxylic acids is 1. The second-order valence-corrected chi connectivity index (χ2v) is 6.39. The van der Waals surface area contributed by atoms with Crippen molar-refractivity contribution >= 4 is 16.0 Å². The molecule has 17 heavy (non-hydrogen) atoms. The standard InChI is InChI=1S/C9H15F2NO4S/c1-12(5-8(10)11)17(15,16)7-4-2-3-6(7)9(13)14/h6-8H,2-5H2,1H3,(H,13,14). The highest BCUT2D eigenvalue weighted by molar-refractivity contribution is 7.89. The van der Waals surface area contributed by atoms with E-state index >= 15 is 0 Å². The van der Waals surface area contributed by atoms with Gasteiger partial charge in [-0.3, -0.25) is 4.79 Å². The molecule has 0 amide bonds. The minimum atomic E-state index is -3.96. The minimum Gasteiger partial charge on any atom is -0.481 e. The molecule has 0 aromatic heterocycles. The molecule has 0 radical (unpaired) electrons. The maximum atomic E-state index is 12.1. The zero-order chi connectivity index (χ0) is 13.2. The fraction of sp³-hybridized carbons (Fsp3) is 0.889. The number of hydrogen-bond donors (Lipinski definition) is 1. The first-order chi connectivity index (χ1) is 7.76. The monoisotopic (exact) mass is 271 g/mol. The molecule has 0 aliphatic heterocycles. The third kappa shape index (κ3) is 3.12. The summed E-state index contributed by atoms with van der Waals surface area (Å²) in [5, 5.41) is 7.80. The Morgan fingerprint density at radius 3 is 2.53 bits per heavy atom. The average molecular weight is 271 g/mol. The summed E-state index contributed by atoms with van der Waals surface area (Å²) >= 11 is 0. The van der Waals surface area contributed by atoms with E-state index in [4.69, 9.17) is 5.11 Å². The molecule has 1 rings (SSSR count). The Labute approximate surface area is 98.5 Å². The van der Waals surface area contributed by atoms with Crippen molar-refractivity contribution in [2.24, 2.45) is 5.92 Å². The van der Waals surface area contributed by atoms with Gasteiger partial charge < -0.3 is 5.11 Å². The quantitative estimate of drug-likeness (QED) is 0.801. The lowest BCUT2D eigenvalue weighted by molar-refractivity contribution is -0.141. The zero-order valence-corrected chi connectivity index (χ0v) is 10.2. The van der Waals surface area contributed by atoms with Crippen LogP contribution in [-0.2, 0) is 14.8 Å². The van der Waals surface area contributed by atoms with Crippen LogP contribution in [0.5, 0.6) is 0 Å². The first kappa shape index (κ1) is 14.3. The van der Waals surface area contributed by atoms with Gasteiger partial charge in [0.05, 0.1) is 17.7 Å². The first-order valence-corrected chi connectivity index (χ1v) is 6.73. The highest BCUT2D eigenvalue weighted by Crippen LogP contribution is 2.32. The maximum absolute atomic E-state index is 12.1. The smallest absolute Gasteiger partial charge is 0.307 e. The summed E-state index contributed by atoms with van der Waals surface area (Å²) in [6.07, 6.45) is -1.78. The molecule has 1 aliphatic rings. The fourth-order valence-corrected chi connectivity index (χ4v) is 4.01. The summed E-state index contributed by atoms with van der Waals surface area (Å²) in [6, 6.07) is 0. The van der Waals surface area contributed by atoms with E-state index in [1.54, 1.807) is 0 Å². The van der Waals surface area contributed by atoms with Crippen molar-refractivity contribution in [3.63, 3.8) is 0 Å². The largest absolute Gasteiger partial charge is 0.481 e. The van der Waals surface area contributed by atoms with Gasteiger partial charge in [-0.1, -0.05) is 6.42 Å². The van der Waals surface area contributed by atoms with Crippen LogP contribution in [0.4, 0.5) is 8.78 Å². The van der Waals surface area contributed by atoms with E-state index in [2.05, 4.69) is 0 Å². The van der Waals surface area contributed by atoms with E-state index in [0.29, 0.717) is 10.7 Å². The van der Waals surface area contributed by atoms with Gasteiger partial charge in [0.25, 0.3) is 6.43 Å². The van der Waals surface area contributed by atoms with Gasteiger partial charge in [-0.25, -0.2) is 17.2 Å². The summed E-state index contributed by atoms with van der Waals surface area (Å²) < 4.78 is 48.7. The molecule has 1 fully saturated rings. The lowest BCUT2D eigenvalue weighted by Crippen LogP contribution is -2.42. The Hall–Kier alpha value is -0.760. The van der Waals surface area contributed by atoms with Gasteiger partial charge >= 0.3 is 5.97 Å². The van der Waals surface area contributed by atoms with E-state index in [-0.39, 0.29) is 12.8 Å². The number of carboxylic acid groups (broad SMARTS) is 1. The Balaban J connectivity index is 2.86. The predicted octanol–water partition coefficient (Wildman–Crippen LogP) is 0.766. The highest BCUT2D eigenvalue weighted by Gasteiger charge is 2.43. The number of sulfonamides is 1. The molecule has 2 unspecified atom stereocenters. The fourth-order valence-electron chi connectivity index (χ4n) is 2.09. The molecule has 1 saturated carbocycles. The molecule has 0 bridgehead atoms. The van der Waals surface area contributed by atoms with Gasteiger partial charge in [-0.2, -0.15) is 4.31 Å². The number of nitrogens with zero attached hydrogens (tertiary/aromatic N) is 1. The molecule has 5 nitrogen and oxygen atoms in total. The number of carbonyl (C=O) groups is 1. The second kappa shape index (κ2) is 5.26. The van der Waals surface area contributed by atoms with Crippen molar-refractivity contribution in [3.05, 3.63) is 0 Å². The van der Waals surface area contributed by atoms with Gasteiger partial charge in [0, 0.05) is 7.05 Å². The van der Waals surface area contributed by atoms with Crippen molar-refractivity contribution in [3.8, 4) is 0 Å². The van der Waals surface area contributed by atoms with Crippen molar-refractivity contribution < 1.29 is 27.1 Å². The third-order valence-electron chi connectivity index (χ3n) is 2.98. The Kier molecular flexibility index (Phi) is 4.42. The number of rotatable bonds is 5. The number of alkyl halides is 2. The van der Waals surface area contributed by atoms with Gasteiger partial charge in [0.15, 0.2) is 0 Å². The number of carboxylic acids is 1. The van der Waals surface area contributed by atoms with Crippen molar-refractivity contribution in [2.45, 2.75) is 30.9 Å². The van der Waals surface area contributed by atoms with Crippen LogP contribution in [0.1, 0.15) is 19.3 Å². The van der Waals surface area contributed by atoms with Gasteiger partial charge in [0.2, 0.25) is 10.0 Å². The molecule has 1 N–H and O–H groups in total. The molecule has 8 heteroatoms. The van der Waals surface area contributed by atoms with Gasteiger partial charge in [-0.05, 0) is 12.8 Å². The second-order valence-electron chi connectivity index (χ2n) is 4.13. The van der Waals surface area contributed by atoms with E-state index < -0.39 is 40.1 Å². The summed E-state index contributed by atoms with van der Waals surface area (Å²) in [5.41, 5.74) is 0. The van der Waals surface area contributed by atoms with Gasteiger partial charge in [-0.15, -0.1) is 0 Å². The first-order valence-electron chi connectivity index (χ1n) is 5.23. The summed E-state index contributed by atoms with van der Waals surface area (Å²) in [7, 11) is -2.90. The van der Waals surface area contributed by atoms with Crippen LogP contribution < -0.4 is 0 Å². The maximum Gasteiger partial charge on any atom is 0.307 e. The molecule has 0 aromatic carbocycles. The molecule has 2 atom stereocenters. The SMILES string of the molecule is CN(CC(F)F)S(=O)(=O)C1CCCC1C(=O)O. The van der Waals surface area contributed by atoms with Crippen molar-refractivity contribution in [1.29, 1.82) is 0 Å². The molecule has 0 spiro atoms. The normalized spacial score (nSPS) is 25.7. The molecule has 1 aliphatic carbocycles. The summed E-state index contributed by atoms with van der Waals surface area (Å²) in [6.45, 7) is -0.898. The topological polar surface area (TPSA) is 74.7 Å². The predicted molar refractivity (Wildman–Crippen MR) is 56.3 cm³/mol. The van der Waals surface area contributed by atoms with Crippen LogP contribution >= 0.6 is 0 Å². The number of halogens is 2. The Morgan fingerprint density at radius 1 is 1.47 bits per heavy atom. The van der Waals surface area contributed by atoms with Crippen LogP contribution in [0.3, 0.4) is 0 Å². The molecule has 100 valence electrons. The van der Waals surface area contributed by atoms with E-state index in [1.165, 1.54) is 0 Å². The van der Waals surface area contributed by atoms with E-state index in [0.717, 1.165) is 7.05 Å². The third-order valence-corrected chi connectivity index (χ3v) is 5.33. The van der Waals surface area contributed by atoms with Crippen LogP contribution in [-0.4, -0.2) is 49.1 Å². The lowest BCUT2D eigenvalue weighted by atomic mass is 10.1. The average Bonchev–Trinajstić information content (AvgIpc) is 2.64. The molecule has 0 saturated heterocycles.